The summed E-state index contributed by atoms with van der Waals surface area (Å²) in [4.78, 5) is 14.3. The molecule has 0 aromatic heterocycles. The maximum absolute atomic E-state index is 12.3. The van der Waals surface area contributed by atoms with E-state index in [0.717, 1.165) is 24.4 Å². The van der Waals surface area contributed by atoms with Crippen molar-refractivity contribution in [3.05, 3.63) is 35.9 Å². The summed E-state index contributed by atoms with van der Waals surface area (Å²) in [5.74, 6) is 2.12. The molecule has 2 atom stereocenters. The fourth-order valence-electron chi connectivity index (χ4n) is 3.08. The van der Waals surface area contributed by atoms with Crippen molar-refractivity contribution in [1.29, 1.82) is 0 Å². The van der Waals surface area contributed by atoms with Gasteiger partial charge < -0.3 is 9.64 Å². The molecule has 0 saturated carbocycles. The number of nitrogens with zero attached hydrogens (tertiary/aromatic N) is 1. The number of piperidine rings is 1. The van der Waals surface area contributed by atoms with Crippen LogP contribution in [0.2, 0.25) is 0 Å². The van der Waals surface area contributed by atoms with Crippen molar-refractivity contribution >= 4 is 12.0 Å². The highest BCUT2D eigenvalue weighted by molar-refractivity contribution is 5.91. The van der Waals surface area contributed by atoms with Crippen LogP contribution in [0.25, 0.3) is 6.08 Å². The van der Waals surface area contributed by atoms with Crippen molar-refractivity contribution in [1.82, 2.24) is 4.90 Å². The maximum Gasteiger partial charge on any atom is 0.246 e. The lowest BCUT2D eigenvalue weighted by molar-refractivity contribution is -0.128. The Morgan fingerprint density at radius 2 is 1.95 bits per heavy atom. The summed E-state index contributed by atoms with van der Waals surface area (Å²) in [6.45, 7) is 10.2. The molecule has 0 radical (unpaired) electrons. The summed E-state index contributed by atoms with van der Waals surface area (Å²) < 4.78 is 5.68. The first kappa shape index (κ1) is 16.6. The minimum atomic E-state index is 0.105. The number of likely N-dealkylation sites (tertiary alicyclic amines) is 1. The first-order chi connectivity index (χ1) is 10.4. The second-order valence-electron chi connectivity index (χ2n) is 6.76. The number of amides is 1. The molecule has 1 aromatic carbocycles. The van der Waals surface area contributed by atoms with E-state index in [4.69, 9.17) is 4.74 Å². The standard InChI is InChI=1S/C19H27NO2/c1-14(2)22-18-7-5-6-17(11-18)8-9-19(21)20-12-15(3)10-16(4)13-20/h5-9,11,14-16H,10,12-13H2,1-4H3/b9-8+. The molecule has 3 heteroatoms. The van der Waals surface area contributed by atoms with Gasteiger partial charge in [-0.25, -0.2) is 0 Å². The molecular weight excluding hydrogens is 274 g/mol. The highest BCUT2D eigenvalue weighted by Gasteiger charge is 2.23. The lowest BCUT2D eigenvalue weighted by Gasteiger charge is -2.34. The molecule has 1 amide bonds. The summed E-state index contributed by atoms with van der Waals surface area (Å²) in [5.41, 5.74) is 0.990. The number of hydrogen-bond donors (Lipinski definition) is 0. The van der Waals surface area contributed by atoms with E-state index in [1.54, 1.807) is 6.08 Å². The molecule has 2 rings (SSSR count). The normalized spacial score (nSPS) is 22.3. The predicted octanol–water partition coefficient (Wildman–Crippen LogP) is 3.99. The molecule has 0 spiro atoms. The smallest absolute Gasteiger partial charge is 0.246 e. The van der Waals surface area contributed by atoms with Crippen molar-refractivity contribution in [2.75, 3.05) is 13.1 Å². The van der Waals surface area contributed by atoms with Crippen molar-refractivity contribution in [3.8, 4) is 5.75 Å². The van der Waals surface area contributed by atoms with Gasteiger partial charge in [0.2, 0.25) is 5.91 Å². The molecule has 0 aliphatic carbocycles. The third kappa shape index (κ3) is 4.90. The van der Waals surface area contributed by atoms with E-state index >= 15 is 0 Å². The van der Waals surface area contributed by atoms with Crippen LogP contribution < -0.4 is 4.74 Å². The SMILES string of the molecule is CC1CC(C)CN(C(=O)/C=C/c2cccc(OC(C)C)c2)C1. The Bertz CT molecular complexity index is 526. The Labute approximate surface area is 134 Å². The van der Waals surface area contributed by atoms with Gasteiger partial charge >= 0.3 is 0 Å². The van der Waals surface area contributed by atoms with E-state index in [1.165, 1.54) is 6.42 Å². The zero-order chi connectivity index (χ0) is 16.1. The van der Waals surface area contributed by atoms with E-state index in [9.17, 15) is 4.79 Å². The fourth-order valence-corrected chi connectivity index (χ4v) is 3.08. The summed E-state index contributed by atoms with van der Waals surface area (Å²) in [7, 11) is 0. The Hall–Kier alpha value is -1.77. The highest BCUT2D eigenvalue weighted by Crippen LogP contribution is 2.21. The number of rotatable bonds is 4. The van der Waals surface area contributed by atoms with Gasteiger partial charge in [0.05, 0.1) is 6.10 Å². The van der Waals surface area contributed by atoms with Crippen LogP contribution in [0.15, 0.2) is 30.3 Å². The fraction of sp³-hybridized carbons (Fsp3) is 0.526. The number of benzene rings is 1. The second kappa shape index (κ2) is 7.48. The first-order valence-electron chi connectivity index (χ1n) is 8.17. The molecule has 1 saturated heterocycles. The van der Waals surface area contributed by atoms with Gasteiger partial charge in [-0.15, -0.1) is 0 Å². The molecule has 1 heterocycles. The average molecular weight is 301 g/mol. The van der Waals surface area contributed by atoms with Crippen LogP contribution >= 0.6 is 0 Å². The lowest BCUT2D eigenvalue weighted by Crippen LogP contribution is -2.41. The largest absolute Gasteiger partial charge is 0.491 e. The van der Waals surface area contributed by atoms with Crippen LogP contribution in [-0.2, 0) is 4.79 Å². The zero-order valence-corrected chi connectivity index (χ0v) is 14.1. The quantitative estimate of drug-likeness (QED) is 0.787. The van der Waals surface area contributed by atoms with E-state index in [1.807, 2.05) is 49.1 Å². The van der Waals surface area contributed by atoms with Crippen molar-refractivity contribution in [2.24, 2.45) is 11.8 Å². The third-order valence-corrected chi connectivity index (χ3v) is 3.83. The molecule has 1 fully saturated rings. The summed E-state index contributed by atoms with van der Waals surface area (Å²) in [6, 6.07) is 7.84. The summed E-state index contributed by atoms with van der Waals surface area (Å²) in [5, 5.41) is 0. The number of carbonyl (C=O) groups is 1. The Kier molecular flexibility index (Phi) is 5.64. The summed E-state index contributed by atoms with van der Waals surface area (Å²) in [6.07, 6.45) is 4.91. The van der Waals surface area contributed by atoms with Crippen LogP contribution in [0.1, 0.15) is 39.7 Å². The van der Waals surface area contributed by atoms with Crippen LogP contribution in [0, 0.1) is 11.8 Å². The van der Waals surface area contributed by atoms with Gasteiger partial charge in [0.1, 0.15) is 5.75 Å². The first-order valence-corrected chi connectivity index (χ1v) is 8.17. The van der Waals surface area contributed by atoms with Gasteiger partial charge in [-0.05, 0) is 55.9 Å². The van der Waals surface area contributed by atoms with Gasteiger partial charge in [-0.1, -0.05) is 26.0 Å². The minimum Gasteiger partial charge on any atom is -0.491 e. The van der Waals surface area contributed by atoms with Gasteiger partial charge in [-0.2, -0.15) is 0 Å². The number of hydrogen-bond acceptors (Lipinski definition) is 2. The van der Waals surface area contributed by atoms with Gasteiger partial charge in [0.25, 0.3) is 0 Å². The molecule has 0 N–H and O–H groups in total. The van der Waals surface area contributed by atoms with Crippen molar-refractivity contribution in [3.63, 3.8) is 0 Å². The molecule has 1 aliphatic heterocycles. The molecule has 0 bridgehead atoms. The Morgan fingerprint density at radius 1 is 1.27 bits per heavy atom. The van der Waals surface area contributed by atoms with Crippen LogP contribution in [0.4, 0.5) is 0 Å². The van der Waals surface area contributed by atoms with Crippen LogP contribution in [-0.4, -0.2) is 30.0 Å². The topological polar surface area (TPSA) is 29.5 Å². The van der Waals surface area contributed by atoms with Gasteiger partial charge in [-0.3, -0.25) is 4.79 Å². The highest BCUT2D eigenvalue weighted by atomic mass is 16.5. The molecule has 1 aliphatic rings. The molecule has 3 nitrogen and oxygen atoms in total. The van der Waals surface area contributed by atoms with Gasteiger partial charge in [0.15, 0.2) is 0 Å². The van der Waals surface area contributed by atoms with E-state index in [0.29, 0.717) is 11.8 Å². The third-order valence-electron chi connectivity index (χ3n) is 3.83. The average Bonchev–Trinajstić information content (AvgIpc) is 2.43. The monoisotopic (exact) mass is 301 g/mol. The summed E-state index contributed by atoms with van der Waals surface area (Å²) >= 11 is 0. The van der Waals surface area contributed by atoms with E-state index < -0.39 is 0 Å². The van der Waals surface area contributed by atoms with Crippen molar-refractivity contribution < 1.29 is 9.53 Å². The van der Waals surface area contributed by atoms with E-state index in [-0.39, 0.29) is 12.0 Å². The van der Waals surface area contributed by atoms with Crippen molar-refractivity contribution in [2.45, 2.75) is 40.2 Å². The minimum absolute atomic E-state index is 0.105. The molecule has 1 aromatic rings. The van der Waals surface area contributed by atoms with Gasteiger partial charge in [0, 0.05) is 19.2 Å². The number of carbonyl (C=O) groups excluding carboxylic acids is 1. The molecular formula is C19H27NO2. The Morgan fingerprint density at radius 3 is 2.59 bits per heavy atom. The lowest BCUT2D eigenvalue weighted by atomic mass is 9.92. The van der Waals surface area contributed by atoms with E-state index in [2.05, 4.69) is 13.8 Å². The molecule has 22 heavy (non-hydrogen) atoms. The second-order valence-corrected chi connectivity index (χ2v) is 6.76. The van der Waals surface area contributed by atoms with Crippen LogP contribution in [0.3, 0.4) is 0 Å². The molecule has 2 unspecified atom stereocenters. The zero-order valence-electron chi connectivity index (χ0n) is 14.1. The Balaban J connectivity index is 2.00. The molecule has 120 valence electrons. The van der Waals surface area contributed by atoms with Crippen LogP contribution in [0.5, 0.6) is 5.75 Å². The maximum atomic E-state index is 12.3. The number of ether oxygens (including phenoxy) is 1. The predicted molar refractivity (Wildman–Crippen MR) is 90.8 cm³/mol.